The van der Waals surface area contributed by atoms with Crippen LogP contribution in [-0.2, 0) is 14.3 Å². The molecule has 0 unspecified atom stereocenters. The second-order valence-corrected chi connectivity index (χ2v) is 4.52. The molecule has 0 aromatic heterocycles. The Morgan fingerprint density at radius 1 is 1.16 bits per heavy atom. The monoisotopic (exact) mass is 260 g/mol. The Balaban J connectivity index is 2.34. The molecule has 2 rings (SSSR count). The number of benzene rings is 1. The van der Waals surface area contributed by atoms with E-state index in [1.807, 2.05) is 26.0 Å². The summed E-state index contributed by atoms with van der Waals surface area (Å²) in [6.45, 7) is 3.98. The van der Waals surface area contributed by atoms with Gasteiger partial charge in [0.1, 0.15) is 0 Å². The third kappa shape index (κ3) is 2.93. The second-order valence-electron chi connectivity index (χ2n) is 4.52. The minimum atomic E-state index is -0.390. The molecule has 0 saturated heterocycles. The maximum absolute atomic E-state index is 11.7. The van der Waals surface area contributed by atoms with E-state index in [0.29, 0.717) is 11.4 Å². The summed E-state index contributed by atoms with van der Waals surface area (Å²) in [5.41, 5.74) is 4.22. The molecular formula is C14H16N2O3. The Bertz CT molecular complexity index is 576. The van der Waals surface area contributed by atoms with Crippen molar-refractivity contribution in [1.82, 2.24) is 0 Å². The molecule has 0 aliphatic carbocycles. The molecular weight excluding hydrogens is 244 g/mol. The van der Waals surface area contributed by atoms with Gasteiger partial charge in [0, 0.05) is 11.8 Å². The lowest BCUT2D eigenvalue weighted by atomic mass is 10.1. The quantitative estimate of drug-likeness (QED) is 0.799. The van der Waals surface area contributed by atoms with E-state index in [-0.39, 0.29) is 18.3 Å². The summed E-state index contributed by atoms with van der Waals surface area (Å²) < 4.78 is 4.61. The average Bonchev–Trinajstić information content (AvgIpc) is 2.48. The van der Waals surface area contributed by atoms with E-state index in [2.05, 4.69) is 15.4 Å². The van der Waals surface area contributed by atoms with Crippen LogP contribution in [0.15, 0.2) is 23.9 Å². The number of carbonyl (C=O) groups excluding carboxylic acids is 2. The highest BCUT2D eigenvalue weighted by Crippen LogP contribution is 2.29. The van der Waals surface area contributed by atoms with Crippen LogP contribution in [0.4, 0.5) is 11.4 Å². The van der Waals surface area contributed by atoms with Crippen LogP contribution in [0, 0.1) is 13.8 Å². The Labute approximate surface area is 111 Å². The molecule has 0 bridgehead atoms. The molecule has 0 atom stereocenters. The zero-order valence-corrected chi connectivity index (χ0v) is 11.2. The van der Waals surface area contributed by atoms with Gasteiger partial charge in [-0.25, -0.2) is 0 Å². The lowest BCUT2D eigenvalue weighted by Crippen LogP contribution is -2.09. The molecule has 1 aromatic carbocycles. The molecule has 0 radical (unpaired) electrons. The minimum Gasteiger partial charge on any atom is -0.469 e. The van der Waals surface area contributed by atoms with Crippen molar-refractivity contribution < 1.29 is 14.3 Å². The molecule has 1 heterocycles. The van der Waals surface area contributed by atoms with Crippen molar-refractivity contribution in [1.29, 1.82) is 0 Å². The third-order valence-electron chi connectivity index (χ3n) is 3.05. The Hall–Kier alpha value is -2.30. The van der Waals surface area contributed by atoms with Gasteiger partial charge < -0.3 is 15.4 Å². The van der Waals surface area contributed by atoms with Crippen molar-refractivity contribution in [3.05, 3.63) is 35.0 Å². The van der Waals surface area contributed by atoms with Gasteiger partial charge in [0.2, 0.25) is 5.91 Å². The minimum absolute atomic E-state index is 0.0380. The zero-order chi connectivity index (χ0) is 14.0. The van der Waals surface area contributed by atoms with Gasteiger partial charge in [-0.2, -0.15) is 0 Å². The van der Waals surface area contributed by atoms with Crippen LogP contribution in [0.25, 0.3) is 0 Å². The number of rotatable bonds is 2. The lowest BCUT2D eigenvalue weighted by molar-refractivity contribution is -0.139. The summed E-state index contributed by atoms with van der Waals surface area (Å²) in [6.07, 6.45) is 1.41. The molecule has 2 N–H and O–H groups in total. The summed E-state index contributed by atoms with van der Waals surface area (Å²) in [5.74, 6) is -0.646. The third-order valence-corrected chi connectivity index (χ3v) is 3.05. The molecule has 1 aromatic rings. The number of anilines is 2. The number of methoxy groups -OCH3 is 1. The summed E-state index contributed by atoms with van der Waals surface area (Å²) in [6, 6.07) is 3.85. The molecule has 0 saturated carbocycles. The highest BCUT2D eigenvalue weighted by molar-refractivity contribution is 6.04. The van der Waals surface area contributed by atoms with Crippen molar-refractivity contribution in [2.45, 2.75) is 20.3 Å². The number of aryl methyl sites for hydroxylation is 2. The van der Waals surface area contributed by atoms with Gasteiger partial charge in [-0.15, -0.1) is 0 Å². The predicted molar refractivity (Wildman–Crippen MR) is 72.9 cm³/mol. The van der Waals surface area contributed by atoms with Gasteiger partial charge in [0.15, 0.2) is 0 Å². The molecule has 1 aliphatic heterocycles. The molecule has 100 valence electrons. The molecule has 19 heavy (non-hydrogen) atoms. The van der Waals surface area contributed by atoms with Gasteiger partial charge in [-0.05, 0) is 37.1 Å². The largest absolute Gasteiger partial charge is 0.469 e. The van der Waals surface area contributed by atoms with E-state index in [1.165, 1.54) is 13.2 Å². The maximum Gasteiger partial charge on any atom is 0.311 e. The van der Waals surface area contributed by atoms with Crippen LogP contribution >= 0.6 is 0 Å². The van der Waals surface area contributed by atoms with Crippen LogP contribution < -0.4 is 10.6 Å². The zero-order valence-electron chi connectivity index (χ0n) is 11.2. The molecule has 0 fully saturated rings. The maximum atomic E-state index is 11.7. The Morgan fingerprint density at radius 2 is 1.74 bits per heavy atom. The number of hydrogen-bond acceptors (Lipinski definition) is 4. The van der Waals surface area contributed by atoms with E-state index in [9.17, 15) is 9.59 Å². The Kier molecular flexibility index (Phi) is 3.55. The standard InChI is InChI=1S/C14H16N2O3/c1-8-4-11-12(5-9(8)2)16-13(17)6-10(15-11)7-14(18)19-3/h4-6,15H,7H2,1-3H3,(H,16,17). The number of esters is 1. The smallest absolute Gasteiger partial charge is 0.311 e. The number of fused-ring (bicyclic) bond motifs is 1. The summed E-state index contributed by atoms with van der Waals surface area (Å²) in [7, 11) is 1.32. The van der Waals surface area contributed by atoms with Gasteiger partial charge in [0.05, 0.1) is 24.9 Å². The molecule has 1 amide bonds. The fraction of sp³-hybridized carbons (Fsp3) is 0.286. The first-order valence-corrected chi connectivity index (χ1v) is 5.96. The van der Waals surface area contributed by atoms with Gasteiger partial charge in [-0.3, -0.25) is 9.59 Å². The second kappa shape index (κ2) is 5.14. The highest BCUT2D eigenvalue weighted by Gasteiger charge is 2.16. The fourth-order valence-electron chi connectivity index (χ4n) is 1.88. The van der Waals surface area contributed by atoms with E-state index in [0.717, 1.165) is 16.8 Å². The van der Waals surface area contributed by atoms with Crippen LogP contribution in [0.2, 0.25) is 0 Å². The van der Waals surface area contributed by atoms with Crippen LogP contribution in [0.3, 0.4) is 0 Å². The summed E-state index contributed by atoms with van der Waals surface area (Å²) in [4.78, 5) is 23.0. The number of amides is 1. The van der Waals surface area contributed by atoms with Crippen molar-refractivity contribution in [2.24, 2.45) is 0 Å². The van der Waals surface area contributed by atoms with Crippen molar-refractivity contribution in [2.75, 3.05) is 17.7 Å². The highest BCUT2D eigenvalue weighted by atomic mass is 16.5. The van der Waals surface area contributed by atoms with Gasteiger partial charge in [0.25, 0.3) is 0 Å². The fourth-order valence-corrected chi connectivity index (χ4v) is 1.88. The molecule has 5 nitrogen and oxygen atoms in total. The van der Waals surface area contributed by atoms with Gasteiger partial charge >= 0.3 is 5.97 Å². The summed E-state index contributed by atoms with van der Waals surface area (Å²) in [5, 5.41) is 5.88. The number of nitrogens with one attached hydrogen (secondary N) is 2. The van der Waals surface area contributed by atoms with E-state index >= 15 is 0 Å². The van der Waals surface area contributed by atoms with E-state index in [4.69, 9.17) is 0 Å². The SMILES string of the molecule is COC(=O)CC1=CC(=O)Nc2cc(C)c(C)cc2N1. The topological polar surface area (TPSA) is 67.4 Å². The predicted octanol–water partition coefficient (Wildman–Crippen LogP) is 2.11. The first kappa shape index (κ1) is 13.1. The van der Waals surface area contributed by atoms with E-state index in [1.54, 1.807) is 0 Å². The van der Waals surface area contributed by atoms with Gasteiger partial charge in [-0.1, -0.05) is 0 Å². The molecule has 1 aliphatic rings. The van der Waals surface area contributed by atoms with Crippen LogP contribution in [0.5, 0.6) is 0 Å². The van der Waals surface area contributed by atoms with Crippen LogP contribution in [0.1, 0.15) is 17.5 Å². The van der Waals surface area contributed by atoms with Crippen LogP contribution in [-0.4, -0.2) is 19.0 Å². The summed E-state index contributed by atoms with van der Waals surface area (Å²) >= 11 is 0. The number of hydrogen-bond donors (Lipinski definition) is 2. The van der Waals surface area contributed by atoms with E-state index < -0.39 is 0 Å². The molecule has 5 heteroatoms. The first-order valence-electron chi connectivity index (χ1n) is 5.96. The van der Waals surface area contributed by atoms with Crippen molar-refractivity contribution in [3.8, 4) is 0 Å². The van der Waals surface area contributed by atoms with Crippen molar-refractivity contribution in [3.63, 3.8) is 0 Å². The van der Waals surface area contributed by atoms with Crippen molar-refractivity contribution >= 4 is 23.3 Å². The first-order chi connectivity index (χ1) is 8.99. The number of ether oxygens (including phenoxy) is 1. The average molecular weight is 260 g/mol. The Morgan fingerprint density at radius 3 is 2.32 bits per heavy atom. The molecule has 0 spiro atoms. The number of carbonyl (C=O) groups is 2. The normalized spacial score (nSPS) is 13.6. The lowest BCUT2D eigenvalue weighted by Gasteiger charge is -2.13.